The summed E-state index contributed by atoms with van der Waals surface area (Å²) in [6.45, 7) is 4.74. The van der Waals surface area contributed by atoms with Crippen molar-refractivity contribution >= 4 is 12.0 Å². The van der Waals surface area contributed by atoms with Crippen LogP contribution in [0.4, 0.5) is 4.79 Å². The maximum Gasteiger partial charge on any atom is 0.407 e. The van der Waals surface area contributed by atoms with E-state index < -0.39 is 6.09 Å². The van der Waals surface area contributed by atoms with Crippen molar-refractivity contribution in [1.82, 2.24) is 10.2 Å². The molecular weight excluding hydrogens is 340 g/mol. The molecule has 0 bridgehead atoms. The van der Waals surface area contributed by atoms with Crippen LogP contribution in [0.5, 0.6) is 0 Å². The minimum atomic E-state index is -0.409. The first kappa shape index (κ1) is 17.1. The summed E-state index contributed by atoms with van der Waals surface area (Å²) in [5.41, 5.74) is 3.65. The van der Waals surface area contributed by atoms with Crippen LogP contribution >= 0.6 is 0 Å². The Balaban J connectivity index is 1.23. The van der Waals surface area contributed by atoms with E-state index >= 15 is 0 Å². The van der Waals surface area contributed by atoms with Gasteiger partial charge in [-0.05, 0) is 54.6 Å². The number of cyclic esters (lactones) is 1. The predicted molar refractivity (Wildman–Crippen MR) is 101 cm³/mol. The van der Waals surface area contributed by atoms with Crippen LogP contribution in [0.3, 0.4) is 0 Å². The Hall–Kier alpha value is -2.04. The number of rotatable bonds is 3. The van der Waals surface area contributed by atoms with Crippen molar-refractivity contribution in [3.63, 3.8) is 0 Å². The van der Waals surface area contributed by atoms with Gasteiger partial charge in [-0.25, -0.2) is 4.79 Å². The smallest absolute Gasteiger partial charge is 0.407 e. The molecule has 2 aliphatic carbocycles. The fraction of sp³-hybridized carbons (Fsp3) is 0.636. The third kappa shape index (κ3) is 2.91. The fourth-order valence-corrected chi connectivity index (χ4v) is 5.12. The number of nitrogens with one attached hydrogen (secondary N) is 1. The lowest BCUT2D eigenvalue weighted by Crippen LogP contribution is -2.45. The average molecular weight is 368 g/mol. The quantitative estimate of drug-likeness (QED) is 0.892. The molecule has 4 fully saturated rings. The third-order valence-corrected chi connectivity index (χ3v) is 7.51. The molecule has 0 aromatic heterocycles. The Morgan fingerprint density at radius 2 is 1.93 bits per heavy atom. The number of hydrogen-bond donors (Lipinski definition) is 1. The third-order valence-electron chi connectivity index (χ3n) is 7.51. The molecule has 2 saturated heterocycles. The van der Waals surface area contributed by atoms with Gasteiger partial charge < -0.3 is 15.0 Å². The highest BCUT2D eigenvalue weighted by molar-refractivity contribution is 5.80. The van der Waals surface area contributed by atoms with Gasteiger partial charge in [-0.3, -0.25) is 4.79 Å². The van der Waals surface area contributed by atoms with Crippen molar-refractivity contribution in [2.45, 2.75) is 49.9 Å². The number of likely N-dealkylation sites (tertiary alicyclic amines) is 1. The van der Waals surface area contributed by atoms with Crippen molar-refractivity contribution in [2.24, 2.45) is 11.8 Å². The monoisotopic (exact) mass is 368 g/mol. The molecule has 5 heteroatoms. The Morgan fingerprint density at radius 3 is 2.63 bits per heavy atom. The van der Waals surface area contributed by atoms with Gasteiger partial charge in [-0.2, -0.15) is 0 Å². The molecule has 4 aliphatic rings. The van der Waals surface area contributed by atoms with E-state index in [0.717, 1.165) is 19.5 Å². The van der Waals surface area contributed by atoms with Crippen molar-refractivity contribution in [3.8, 4) is 0 Å². The van der Waals surface area contributed by atoms with Crippen LogP contribution in [0.15, 0.2) is 24.3 Å². The molecule has 144 valence electrons. The fourth-order valence-electron chi connectivity index (χ4n) is 5.12. The molecule has 1 N–H and O–H groups in total. The van der Waals surface area contributed by atoms with Crippen LogP contribution in [0.25, 0.3) is 0 Å². The average Bonchev–Trinajstić information content (AvgIpc) is 3.58. The van der Waals surface area contributed by atoms with Gasteiger partial charge in [0.15, 0.2) is 0 Å². The molecule has 2 amide bonds. The molecule has 1 aromatic carbocycles. The Morgan fingerprint density at radius 1 is 1.19 bits per heavy atom. The van der Waals surface area contributed by atoms with Crippen molar-refractivity contribution in [1.29, 1.82) is 0 Å². The summed E-state index contributed by atoms with van der Waals surface area (Å²) < 4.78 is 4.99. The van der Waals surface area contributed by atoms with Gasteiger partial charge in [0.2, 0.25) is 5.91 Å². The van der Waals surface area contributed by atoms with Crippen LogP contribution in [0.2, 0.25) is 0 Å². The summed E-state index contributed by atoms with van der Waals surface area (Å²) in [6.07, 6.45) is 5.07. The molecule has 2 saturated carbocycles. The van der Waals surface area contributed by atoms with Crippen molar-refractivity contribution in [3.05, 3.63) is 35.4 Å². The van der Waals surface area contributed by atoms with Gasteiger partial charge in [-0.15, -0.1) is 0 Å². The molecule has 2 unspecified atom stereocenters. The number of carbonyl (C=O) groups is 2. The molecule has 2 heterocycles. The molecule has 2 aliphatic heterocycles. The summed E-state index contributed by atoms with van der Waals surface area (Å²) in [7, 11) is 0. The first-order valence-corrected chi connectivity index (χ1v) is 10.3. The van der Waals surface area contributed by atoms with Crippen LogP contribution in [0.1, 0.15) is 50.2 Å². The number of alkyl carbamates (subject to hydrolysis) is 1. The standard InChI is InChI=1S/C22H28N2O3/c1-21(7-8-21)16-2-4-17(5-3-16)22-9-10-24(14-18(22)12-22)19(25)15-6-11-27-20(26)23-13-15/h2-5,15,18H,6-14H2,1H3,(H,23,26)/t15-,18?,22?/m1/s1. The molecule has 5 rings (SSSR count). The van der Waals surface area contributed by atoms with Gasteiger partial charge in [0.05, 0.1) is 12.5 Å². The van der Waals surface area contributed by atoms with E-state index in [-0.39, 0.29) is 11.8 Å². The van der Waals surface area contributed by atoms with Crippen LogP contribution < -0.4 is 5.32 Å². The lowest BCUT2D eigenvalue weighted by atomic mass is 9.85. The normalized spacial score (nSPS) is 34.0. The minimum Gasteiger partial charge on any atom is -0.450 e. The maximum atomic E-state index is 12.9. The second-order valence-electron chi connectivity index (χ2n) is 9.23. The number of nitrogens with zero attached hydrogens (tertiary/aromatic N) is 1. The highest BCUT2D eigenvalue weighted by Crippen LogP contribution is 2.59. The number of fused-ring (bicyclic) bond motifs is 1. The number of hydrogen-bond acceptors (Lipinski definition) is 3. The number of ether oxygens (including phenoxy) is 1. The van der Waals surface area contributed by atoms with Gasteiger partial charge in [0, 0.05) is 25.0 Å². The Labute approximate surface area is 160 Å². The molecule has 1 aromatic rings. The molecule has 0 spiro atoms. The van der Waals surface area contributed by atoms with E-state index in [1.165, 1.54) is 30.4 Å². The Bertz CT molecular complexity index is 770. The van der Waals surface area contributed by atoms with Crippen molar-refractivity contribution < 1.29 is 14.3 Å². The van der Waals surface area contributed by atoms with Crippen LogP contribution in [0, 0.1) is 11.8 Å². The minimum absolute atomic E-state index is 0.152. The van der Waals surface area contributed by atoms with E-state index in [4.69, 9.17) is 4.74 Å². The predicted octanol–water partition coefficient (Wildman–Crippen LogP) is 2.97. The molecular formula is C22H28N2O3. The number of piperidine rings is 1. The second-order valence-corrected chi connectivity index (χ2v) is 9.23. The Kier molecular flexibility index (Phi) is 3.78. The maximum absolute atomic E-state index is 12.9. The highest BCUT2D eigenvalue weighted by Gasteiger charge is 2.58. The van der Waals surface area contributed by atoms with Gasteiger partial charge >= 0.3 is 6.09 Å². The summed E-state index contributed by atoms with van der Waals surface area (Å²) in [4.78, 5) is 26.2. The first-order chi connectivity index (χ1) is 13.0. The van der Waals surface area contributed by atoms with E-state index in [1.54, 1.807) is 0 Å². The van der Waals surface area contributed by atoms with E-state index in [1.807, 2.05) is 4.90 Å². The van der Waals surface area contributed by atoms with Crippen LogP contribution in [-0.2, 0) is 20.4 Å². The lowest BCUT2D eigenvalue weighted by Gasteiger charge is -2.34. The molecule has 5 nitrogen and oxygen atoms in total. The molecule has 3 atom stereocenters. The number of amides is 2. The number of carbonyl (C=O) groups excluding carboxylic acids is 2. The summed E-state index contributed by atoms with van der Waals surface area (Å²) in [6, 6.07) is 9.35. The lowest BCUT2D eigenvalue weighted by molar-refractivity contribution is -0.136. The van der Waals surface area contributed by atoms with Crippen molar-refractivity contribution in [2.75, 3.05) is 26.2 Å². The zero-order valence-corrected chi connectivity index (χ0v) is 16.0. The first-order valence-electron chi connectivity index (χ1n) is 10.3. The number of benzene rings is 1. The summed E-state index contributed by atoms with van der Waals surface area (Å²) in [5, 5.41) is 2.68. The second kappa shape index (κ2) is 5.98. The van der Waals surface area contributed by atoms with Gasteiger partial charge in [0.1, 0.15) is 0 Å². The van der Waals surface area contributed by atoms with E-state index in [9.17, 15) is 9.59 Å². The summed E-state index contributed by atoms with van der Waals surface area (Å²) >= 11 is 0. The van der Waals surface area contributed by atoms with Crippen LogP contribution in [-0.4, -0.2) is 43.1 Å². The molecule has 0 radical (unpaired) electrons. The topological polar surface area (TPSA) is 58.6 Å². The van der Waals surface area contributed by atoms with Gasteiger partial charge in [-0.1, -0.05) is 31.2 Å². The largest absolute Gasteiger partial charge is 0.450 e. The SMILES string of the molecule is CC1(c2ccc(C34CCN(C(=O)[C@@H]5CCOC(=O)NC5)CC3C4)cc2)CC1. The zero-order valence-electron chi connectivity index (χ0n) is 16.0. The van der Waals surface area contributed by atoms with Gasteiger partial charge in [0.25, 0.3) is 0 Å². The van der Waals surface area contributed by atoms with E-state index in [2.05, 4.69) is 36.5 Å². The highest BCUT2D eigenvalue weighted by atomic mass is 16.5. The van der Waals surface area contributed by atoms with E-state index in [0.29, 0.717) is 36.3 Å². The zero-order chi connectivity index (χ0) is 18.6. The molecule has 27 heavy (non-hydrogen) atoms. The summed E-state index contributed by atoms with van der Waals surface area (Å²) in [5.74, 6) is 0.605.